The standard InChI is InChI=1S/C18H20F3N3O3/c1-4-11(2)24(10-16(25)22-15-8-12(3)27-23-15)17(26)13-6-5-7-14(9-13)18(19,20)21/h5-9,11H,4,10H2,1-3H3,(H,22,23,25)/t11-/m0/s1. The Morgan fingerprint density at radius 2 is 2.00 bits per heavy atom. The largest absolute Gasteiger partial charge is 0.416 e. The van der Waals surface area contributed by atoms with Crippen molar-refractivity contribution in [2.24, 2.45) is 0 Å². The topological polar surface area (TPSA) is 75.4 Å². The van der Waals surface area contributed by atoms with Gasteiger partial charge in [0.05, 0.1) is 5.56 Å². The van der Waals surface area contributed by atoms with Gasteiger partial charge in [0.1, 0.15) is 12.3 Å². The van der Waals surface area contributed by atoms with Crippen LogP contribution >= 0.6 is 0 Å². The lowest BCUT2D eigenvalue weighted by Gasteiger charge is -2.28. The zero-order valence-electron chi connectivity index (χ0n) is 15.1. The molecule has 1 atom stereocenters. The number of aryl methyl sites for hydroxylation is 1. The third-order valence-corrected chi connectivity index (χ3v) is 4.03. The molecule has 0 fully saturated rings. The SMILES string of the molecule is CC[C@H](C)N(CC(=O)Nc1cc(C)on1)C(=O)c1cccc(C(F)(F)F)c1. The van der Waals surface area contributed by atoms with Crippen LogP contribution in [0.25, 0.3) is 0 Å². The zero-order chi connectivity index (χ0) is 20.2. The van der Waals surface area contributed by atoms with Gasteiger partial charge in [0.15, 0.2) is 5.82 Å². The number of alkyl halides is 3. The van der Waals surface area contributed by atoms with E-state index in [-0.39, 0.29) is 24.0 Å². The van der Waals surface area contributed by atoms with Gasteiger partial charge in [-0.1, -0.05) is 18.1 Å². The van der Waals surface area contributed by atoms with E-state index in [9.17, 15) is 22.8 Å². The Balaban J connectivity index is 2.20. The molecule has 0 unspecified atom stereocenters. The summed E-state index contributed by atoms with van der Waals surface area (Å²) in [6.07, 6.45) is -4.03. The second-order valence-corrected chi connectivity index (χ2v) is 6.14. The van der Waals surface area contributed by atoms with Gasteiger partial charge in [0, 0.05) is 17.7 Å². The van der Waals surface area contributed by atoms with E-state index >= 15 is 0 Å². The number of benzene rings is 1. The molecule has 0 radical (unpaired) electrons. The minimum absolute atomic E-state index is 0.129. The van der Waals surface area contributed by atoms with E-state index in [1.807, 2.05) is 6.92 Å². The van der Waals surface area contributed by atoms with Crippen LogP contribution in [0.5, 0.6) is 0 Å². The maximum atomic E-state index is 12.9. The van der Waals surface area contributed by atoms with Gasteiger partial charge in [-0.15, -0.1) is 0 Å². The van der Waals surface area contributed by atoms with E-state index in [0.29, 0.717) is 12.2 Å². The van der Waals surface area contributed by atoms with Crippen LogP contribution in [0.2, 0.25) is 0 Å². The van der Waals surface area contributed by atoms with E-state index in [1.54, 1.807) is 13.8 Å². The van der Waals surface area contributed by atoms with Crippen molar-refractivity contribution in [1.29, 1.82) is 0 Å². The average Bonchev–Trinajstić information content (AvgIpc) is 3.02. The van der Waals surface area contributed by atoms with Crippen LogP contribution in [0.15, 0.2) is 34.9 Å². The molecule has 1 N–H and O–H groups in total. The summed E-state index contributed by atoms with van der Waals surface area (Å²) in [4.78, 5) is 26.2. The molecule has 6 nitrogen and oxygen atoms in total. The molecular weight excluding hydrogens is 363 g/mol. The monoisotopic (exact) mass is 383 g/mol. The summed E-state index contributed by atoms with van der Waals surface area (Å²) in [6.45, 7) is 4.87. The Morgan fingerprint density at radius 1 is 1.30 bits per heavy atom. The van der Waals surface area contributed by atoms with Gasteiger partial charge >= 0.3 is 6.18 Å². The second kappa shape index (κ2) is 8.24. The Labute approximate surface area is 154 Å². The Hall–Kier alpha value is -2.84. The van der Waals surface area contributed by atoms with Gasteiger partial charge in [-0.3, -0.25) is 9.59 Å². The fourth-order valence-electron chi connectivity index (χ4n) is 2.40. The number of aromatic nitrogens is 1. The molecule has 2 rings (SSSR count). The molecule has 0 bridgehead atoms. The molecule has 0 spiro atoms. The van der Waals surface area contributed by atoms with Crippen molar-refractivity contribution < 1.29 is 27.3 Å². The van der Waals surface area contributed by atoms with Crippen LogP contribution in [0, 0.1) is 6.92 Å². The van der Waals surface area contributed by atoms with Crippen molar-refractivity contribution in [1.82, 2.24) is 10.1 Å². The Kier molecular flexibility index (Phi) is 6.24. The number of hydrogen-bond donors (Lipinski definition) is 1. The van der Waals surface area contributed by atoms with Crippen LogP contribution < -0.4 is 5.32 Å². The maximum Gasteiger partial charge on any atom is 0.416 e. The molecule has 0 saturated carbocycles. The molecule has 146 valence electrons. The lowest BCUT2D eigenvalue weighted by atomic mass is 10.1. The smallest absolute Gasteiger partial charge is 0.360 e. The summed E-state index contributed by atoms with van der Waals surface area (Å²) >= 11 is 0. The average molecular weight is 383 g/mol. The van der Waals surface area contributed by atoms with Gasteiger partial charge in [-0.2, -0.15) is 13.2 Å². The number of rotatable bonds is 6. The highest BCUT2D eigenvalue weighted by atomic mass is 19.4. The molecule has 2 amide bonds. The van der Waals surface area contributed by atoms with Gasteiger partial charge in [0.2, 0.25) is 5.91 Å². The lowest BCUT2D eigenvalue weighted by Crippen LogP contribution is -2.43. The predicted molar refractivity (Wildman–Crippen MR) is 92.1 cm³/mol. The van der Waals surface area contributed by atoms with Crippen molar-refractivity contribution in [3.8, 4) is 0 Å². The van der Waals surface area contributed by atoms with E-state index in [2.05, 4.69) is 10.5 Å². The fraction of sp³-hybridized carbons (Fsp3) is 0.389. The van der Waals surface area contributed by atoms with Crippen molar-refractivity contribution >= 4 is 17.6 Å². The molecule has 0 aliphatic heterocycles. The first-order chi connectivity index (χ1) is 12.6. The molecule has 0 saturated heterocycles. The van der Waals surface area contributed by atoms with E-state index in [1.165, 1.54) is 23.1 Å². The zero-order valence-corrected chi connectivity index (χ0v) is 15.1. The number of halogens is 3. The number of amides is 2. The van der Waals surface area contributed by atoms with Crippen LogP contribution in [0.4, 0.5) is 19.0 Å². The summed E-state index contributed by atoms with van der Waals surface area (Å²) < 4.78 is 43.6. The second-order valence-electron chi connectivity index (χ2n) is 6.14. The fourth-order valence-corrected chi connectivity index (χ4v) is 2.40. The van der Waals surface area contributed by atoms with Crippen molar-refractivity contribution in [3.05, 3.63) is 47.2 Å². The van der Waals surface area contributed by atoms with Crippen molar-refractivity contribution in [3.63, 3.8) is 0 Å². The highest BCUT2D eigenvalue weighted by Gasteiger charge is 2.32. The van der Waals surface area contributed by atoms with Gasteiger partial charge in [-0.25, -0.2) is 0 Å². The maximum absolute atomic E-state index is 12.9. The number of nitrogens with one attached hydrogen (secondary N) is 1. The number of anilines is 1. The summed E-state index contributed by atoms with van der Waals surface area (Å²) in [7, 11) is 0. The Morgan fingerprint density at radius 3 is 2.56 bits per heavy atom. The van der Waals surface area contributed by atoms with Crippen LogP contribution in [-0.4, -0.2) is 34.5 Å². The minimum atomic E-state index is -4.56. The number of carbonyl (C=O) groups is 2. The number of nitrogens with zero attached hydrogens (tertiary/aromatic N) is 2. The lowest BCUT2D eigenvalue weighted by molar-refractivity contribution is -0.137. The molecule has 1 heterocycles. The molecule has 2 aromatic rings. The third kappa shape index (κ3) is 5.32. The van der Waals surface area contributed by atoms with Crippen LogP contribution in [0.1, 0.15) is 41.9 Å². The van der Waals surface area contributed by atoms with Gasteiger partial charge in [-0.05, 0) is 38.5 Å². The van der Waals surface area contributed by atoms with E-state index < -0.39 is 23.6 Å². The van der Waals surface area contributed by atoms with Crippen molar-refractivity contribution in [2.75, 3.05) is 11.9 Å². The predicted octanol–water partition coefficient (Wildman–Crippen LogP) is 3.88. The normalized spacial score (nSPS) is 12.5. The summed E-state index contributed by atoms with van der Waals surface area (Å²) in [5, 5.41) is 6.13. The number of carbonyl (C=O) groups excluding carboxylic acids is 2. The molecule has 9 heteroatoms. The van der Waals surface area contributed by atoms with E-state index in [0.717, 1.165) is 12.1 Å². The summed E-state index contributed by atoms with van der Waals surface area (Å²) in [6, 6.07) is 5.31. The molecule has 27 heavy (non-hydrogen) atoms. The quantitative estimate of drug-likeness (QED) is 0.821. The molecule has 0 aliphatic rings. The van der Waals surface area contributed by atoms with Crippen molar-refractivity contribution in [2.45, 2.75) is 39.4 Å². The van der Waals surface area contributed by atoms with Crippen LogP contribution in [0.3, 0.4) is 0 Å². The molecule has 1 aromatic heterocycles. The minimum Gasteiger partial charge on any atom is -0.360 e. The Bertz CT molecular complexity index is 817. The molecular formula is C18H20F3N3O3. The molecule has 1 aromatic carbocycles. The highest BCUT2D eigenvalue weighted by molar-refractivity contribution is 5.99. The van der Waals surface area contributed by atoms with E-state index in [4.69, 9.17) is 4.52 Å². The summed E-state index contributed by atoms with van der Waals surface area (Å²) in [5.41, 5.74) is -1.05. The van der Waals surface area contributed by atoms with Gasteiger partial charge in [0.25, 0.3) is 5.91 Å². The highest BCUT2D eigenvalue weighted by Crippen LogP contribution is 2.30. The first-order valence-corrected chi connectivity index (χ1v) is 8.33. The third-order valence-electron chi connectivity index (χ3n) is 4.03. The van der Waals surface area contributed by atoms with Gasteiger partial charge < -0.3 is 14.7 Å². The number of hydrogen-bond acceptors (Lipinski definition) is 4. The first-order valence-electron chi connectivity index (χ1n) is 8.33. The summed E-state index contributed by atoms with van der Waals surface area (Å²) in [5.74, 6) is -0.469. The first kappa shape index (κ1) is 20.5. The molecule has 0 aliphatic carbocycles. The van der Waals surface area contributed by atoms with Crippen LogP contribution in [-0.2, 0) is 11.0 Å².